The maximum atomic E-state index is 11.7. The summed E-state index contributed by atoms with van der Waals surface area (Å²) in [6.45, 7) is 3.29. The second kappa shape index (κ2) is 7.14. The Morgan fingerprint density at radius 3 is 3.00 bits per heavy atom. The van der Waals surface area contributed by atoms with E-state index in [0.29, 0.717) is 18.0 Å². The Morgan fingerprint density at radius 1 is 1.45 bits per heavy atom. The molecule has 0 spiro atoms. The summed E-state index contributed by atoms with van der Waals surface area (Å²) >= 11 is 0. The second-order valence-electron chi connectivity index (χ2n) is 4.88. The number of nitrogens with one attached hydrogen (secondary N) is 1. The van der Waals surface area contributed by atoms with Crippen molar-refractivity contribution in [3.63, 3.8) is 0 Å². The predicted molar refractivity (Wildman–Crippen MR) is 75.2 cm³/mol. The molecular formula is C15H21NO4. The summed E-state index contributed by atoms with van der Waals surface area (Å²) in [6, 6.07) is 5.60. The van der Waals surface area contributed by atoms with Crippen LogP contribution < -0.4 is 14.8 Å². The van der Waals surface area contributed by atoms with Crippen molar-refractivity contribution in [2.24, 2.45) is 0 Å². The summed E-state index contributed by atoms with van der Waals surface area (Å²) in [7, 11) is 1.58. The monoisotopic (exact) mass is 279 g/mol. The van der Waals surface area contributed by atoms with Gasteiger partial charge in [0.1, 0.15) is 0 Å². The van der Waals surface area contributed by atoms with Crippen LogP contribution in [-0.2, 0) is 9.53 Å². The van der Waals surface area contributed by atoms with Gasteiger partial charge in [-0.3, -0.25) is 4.79 Å². The van der Waals surface area contributed by atoms with Crippen LogP contribution in [0.4, 0.5) is 0 Å². The molecule has 1 aliphatic rings. The first-order chi connectivity index (χ1) is 9.69. The fraction of sp³-hybridized carbons (Fsp3) is 0.533. The number of carbonyl (C=O) groups is 1. The van der Waals surface area contributed by atoms with Crippen LogP contribution in [0.25, 0.3) is 0 Å². The summed E-state index contributed by atoms with van der Waals surface area (Å²) in [4.78, 5) is 11.7. The SMILES string of the molecule is COc1cc(C)ccc1OCC(=O)NC[C@@H]1CCCO1. The van der Waals surface area contributed by atoms with Crippen molar-refractivity contribution in [2.45, 2.75) is 25.9 Å². The Morgan fingerprint density at radius 2 is 2.30 bits per heavy atom. The van der Waals surface area contributed by atoms with E-state index in [2.05, 4.69) is 5.32 Å². The smallest absolute Gasteiger partial charge is 0.258 e. The maximum absolute atomic E-state index is 11.7. The van der Waals surface area contributed by atoms with Crippen LogP contribution in [0.5, 0.6) is 11.5 Å². The van der Waals surface area contributed by atoms with Gasteiger partial charge in [0.2, 0.25) is 0 Å². The van der Waals surface area contributed by atoms with Gasteiger partial charge >= 0.3 is 0 Å². The van der Waals surface area contributed by atoms with Gasteiger partial charge in [-0.2, -0.15) is 0 Å². The Balaban J connectivity index is 1.77. The van der Waals surface area contributed by atoms with Gasteiger partial charge in [-0.05, 0) is 37.5 Å². The molecule has 1 aromatic carbocycles. The average molecular weight is 279 g/mol. The molecule has 0 aliphatic carbocycles. The average Bonchev–Trinajstić information content (AvgIpc) is 2.97. The maximum Gasteiger partial charge on any atom is 0.258 e. The molecule has 1 saturated heterocycles. The quantitative estimate of drug-likeness (QED) is 0.860. The van der Waals surface area contributed by atoms with Crippen LogP contribution in [-0.4, -0.2) is 38.9 Å². The first-order valence-electron chi connectivity index (χ1n) is 6.85. The molecule has 110 valence electrons. The lowest BCUT2D eigenvalue weighted by Crippen LogP contribution is -2.35. The molecule has 1 aliphatic heterocycles. The molecule has 0 bridgehead atoms. The standard InChI is InChI=1S/C15H21NO4/c1-11-5-6-13(14(8-11)18-2)20-10-15(17)16-9-12-4-3-7-19-12/h5-6,8,12H,3-4,7,9-10H2,1-2H3,(H,16,17)/t12-/m0/s1. The number of aryl methyl sites for hydroxylation is 1. The van der Waals surface area contributed by atoms with Gasteiger partial charge in [-0.25, -0.2) is 0 Å². The summed E-state index contributed by atoms with van der Waals surface area (Å²) in [5.41, 5.74) is 1.08. The van der Waals surface area contributed by atoms with E-state index in [1.165, 1.54) is 0 Å². The molecule has 20 heavy (non-hydrogen) atoms. The molecule has 0 saturated carbocycles. The number of ether oxygens (including phenoxy) is 3. The highest BCUT2D eigenvalue weighted by Crippen LogP contribution is 2.27. The molecule has 5 heteroatoms. The van der Waals surface area contributed by atoms with Gasteiger partial charge in [-0.1, -0.05) is 6.07 Å². The number of methoxy groups -OCH3 is 1. The Bertz CT molecular complexity index is 455. The van der Waals surface area contributed by atoms with Gasteiger partial charge < -0.3 is 19.5 Å². The number of hydrogen-bond donors (Lipinski definition) is 1. The predicted octanol–water partition coefficient (Wildman–Crippen LogP) is 1.68. The second-order valence-corrected chi connectivity index (χ2v) is 4.88. The van der Waals surface area contributed by atoms with Crippen molar-refractivity contribution in [3.05, 3.63) is 23.8 Å². The van der Waals surface area contributed by atoms with E-state index in [-0.39, 0.29) is 18.6 Å². The number of benzene rings is 1. The van der Waals surface area contributed by atoms with Crippen LogP contribution in [0, 0.1) is 6.92 Å². The van der Waals surface area contributed by atoms with Crippen LogP contribution in [0.3, 0.4) is 0 Å². The molecule has 1 aromatic rings. The van der Waals surface area contributed by atoms with Gasteiger partial charge in [0.05, 0.1) is 13.2 Å². The molecule has 1 amide bonds. The van der Waals surface area contributed by atoms with Crippen molar-refractivity contribution in [2.75, 3.05) is 26.9 Å². The zero-order valence-corrected chi connectivity index (χ0v) is 12.0. The van der Waals surface area contributed by atoms with E-state index in [9.17, 15) is 4.79 Å². The summed E-state index contributed by atoms with van der Waals surface area (Å²) in [5.74, 6) is 1.06. The van der Waals surface area contributed by atoms with Gasteiger partial charge in [-0.15, -0.1) is 0 Å². The van der Waals surface area contributed by atoms with Crippen molar-refractivity contribution < 1.29 is 19.0 Å². The van der Waals surface area contributed by atoms with Gasteiger partial charge in [0.15, 0.2) is 18.1 Å². The number of amides is 1. The lowest BCUT2D eigenvalue weighted by molar-refractivity contribution is -0.123. The first kappa shape index (κ1) is 14.7. The van der Waals surface area contributed by atoms with Gasteiger partial charge in [0.25, 0.3) is 5.91 Å². The lowest BCUT2D eigenvalue weighted by atomic mass is 10.2. The Labute approximate surface area is 119 Å². The van der Waals surface area contributed by atoms with Crippen molar-refractivity contribution in [3.8, 4) is 11.5 Å². The minimum atomic E-state index is -0.150. The third kappa shape index (κ3) is 4.13. The minimum Gasteiger partial charge on any atom is -0.493 e. The summed E-state index contributed by atoms with van der Waals surface area (Å²) in [5, 5.41) is 2.81. The molecule has 0 unspecified atom stereocenters. The van der Waals surface area contributed by atoms with E-state index in [1.807, 2.05) is 25.1 Å². The van der Waals surface area contributed by atoms with Crippen molar-refractivity contribution in [1.29, 1.82) is 0 Å². The van der Waals surface area contributed by atoms with Gasteiger partial charge in [0, 0.05) is 13.2 Å². The van der Waals surface area contributed by atoms with Crippen molar-refractivity contribution >= 4 is 5.91 Å². The molecular weight excluding hydrogens is 258 g/mol. The largest absolute Gasteiger partial charge is 0.493 e. The molecule has 1 heterocycles. The van der Waals surface area contributed by atoms with Crippen LogP contribution >= 0.6 is 0 Å². The van der Waals surface area contributed by atoms with Crippen LogP contribution in [0.15, 0.2) is 18.2 Å². The molecule has 1 atom stereocenters. The van der Waals surface area contributed by atoms with Crippen LogP contribution in [0.1, 0.15) is 18.4 Å². The third-order valence-electron chi connectivity index (χ3n) is 3.23. The number of hydrogen-bond acceptors (Lipinski definition) is 4. The number of rotatable bonds is 6. The van der Waals surface area contributed by atoms with Crippen molar-refractivity contribution in [1.82, 2.24) is 5.32 Å². The third-order valence-corrected chi connectivity index (χ3v) is 3.23. The lowest BCUT2D eigenvalue weighted by Gasteiger charge is -2.13. The van der Waals surface area contributed by atoms with E-state index in [0.717, 1.165) is 25.0 Å². The molecule has 0 radical (unpaired) electrons. The topological polar surface area (TPSA) is 56.8 Å². The Hall–Kier alpha value is -1.75. The van der Waals surface area contributed by atoms with E-state index in [4.69, 9.17) is 14.2 Å². The first-order valence-corrected chi connectivity index (χ1v) is 6.85. The fourth-order valence-corrected chi connectivity index (χ4v) is 2.12. The summed E-state index contributed by atoms with van der Waals surface area (Å²) in [6.07, 6.45) is 2.22. The molecule has 1 N–H and O–H groups in total. The zero-order chi connectivity index (χ0) is 14.4. The molecule has 0 aromatic heterocycles. The van der Waals surface area contributed by atoms with E-state index < -0.39 is 0 Å². The van der Waals surface area contributed by atoms with E-state index >= 15 is 0 Å². The highest BCUT2D eigenvalue weighted by Gasteiger charge is 2.16. The molecule has 2 rings (SSSR count). The highest BCUT2D eigenvalue weighted by atomic mass is 16.5. The minimum absolute atomic E-state index is 0.0217. The highest BCUT2D eigenvalue weighted by molar-refractivity contribution is 5.77. The number of carbonyl (C=O) groups excluding carboxylic acids is 1. The Kier molecular flexibility index (Phi) is 5.24. The van der Waals surface area contributed by atoms with Crippen LogP contribution in [0.2, 0.25) is 0 Å². The summed E-state index contributed by atoms with van der Waals surface area (Å²) < 4.78 is 16.1. The zero-order valence-electron chi connectivity index (χ0n) is 12.0. The molecule has 1 fully saturated rings. The molecule has 5 nitrogen and oxygen atoms in total. The fourth-order valence-electron chi connectivity index (χ4n) is 2.12. The normalized spacial score (nSPS) is 17.8. The van der Waals surface area contributed by atoms with E-state index in [1.54, 1.807) is 7.11 Å².